The minimum Gasteiger partial charge on any atom is -0.391 e. The van der Waals surface area contributed by atoms with Crippen LogP contribution in [0.1, 0.15) is 361 Å². The van der Waals surface area contributed by atoms with E-state index < -0.39 is 20.0 Å². The molecular weight excluding hydrogens is 1100 g/mol. The second kappa shape index (κ2) is 69.0. The summed E-state index contributed by atoms with van der Waals surface area (Å²) in [6.07, 6.45) is 98.5. The minimum absolute atomic E-state index is 0.0736. The van der Waals surface area contributed by atoms with E-state index in [1.807, 2.05) is 21.1 Å². The standard InChI is InChI=1S/C79H147N2O6P/c1-6-8-10-12-14-16-18-20-22-24-26-28-30-32-34-36-37-38-39-40-41-42-43-45-47-49-51-53-55-57-59-61-63-65-67-69-71-73-79(83)80-77(76-87-88(84,85)86-75-74-81(3,4)5)78(82)72-70-68-66-64-62-60-58-56-54-52-50-48-46-44-35-33-31-29-27-25-23-21-19-17-15-13-11-9-7-2/h8,10,14,16,20,22,26,28,32,34,37-38,40-41,77-78,82H,6-7,9,11-13,15,17-19,21,23-25,27,29-31,33,35-36,39,42-76H2,1-5H3,(H-,80,83,84,85)/p+1/b10-8-,16-14-,22-20-,28-26-,34-32-,38-37-,41-40-. The Bertz CT molecular complexity index is 1710. The Balaban J connectivity index is 4.00. The van der Waals surface area contributed by atoms with Crippen LogP contribution in [0.25, 0.3) is 0 Å². The van der Waals surface area contributed by atoms with Gasteiger partial charge in [-0.05, 0) is 70.6 Å². The van der Waals surface area contributed by atoms with E-state index in [4.69, 9.17) is 9.05 Å². The fraction of sp³-hybridized carbons (Fsp3) is 0.810. The van der Waals surface area contributed by atoms with Crippen LogP contribution in [-0.4, -0.2) is 73.4 Å². The molecule has 514 valence electrons. The molecule has 0 aromatic rings. The van der Waals surface area contributed by atoms with Crippen molar-refractivity contribution < 1.29 is 32.9 Å². The highest BCUT2D eigenvalue weighted by atomic mass is 31.2. The third-order valence-corrected chi connectivity index (χ3v) is 18.1. The number of nitrogens with one attached hydrogen (secondary N) is 1. The van der Waals surface area contributed by atoms with Crippen LogP contribution in [0, 0.1) is 0 Å². The Morgan fingerprint density at radius 3 is 1.00 bits per heavy atom. The van der Waals surface area contributed by atoms with E-state index in [-0.39, 0.29) is 19.1 Å². The molecule has 1 amide bonds. The van der Waals surface area contributed by atoms with Gasteiger partial charge in [0, 0.05) is 6.42 Å². The number of allylic oxidation sites excluding steroid dienone is 14. The summed E-state index contributed by atoms with van der Waals surface area (Å²) >= 11 is 0. The van der Waals surface area contributed by atoms with Gasteiger partial charge in [0.05, 0.1) is 39.9 Å². The first kappa shape index (κ1) is 85.7. The van der Waals surface area contributed by atoms with Crippen molar-refractivity contribution in [3.63, 3.8) is 0 Å². The zero-order chi connectivity index (χ0) is 64.1. The summed E-state index contributed by atoms with van der Waals surface area (Å²) in [5.74, 6) is -0.141. The molecule has 3 atom stereocenters. The number of aliphatic hydroxyl groups is 1. The third kappa shape index (κ3) is 71.1. The maximum atomic E-state index is 13.1. The first-order valence-electron chi connectivity index (χ1n) is 38.0. The summed E-state index contributed by atoms with van der Waals surface area (Å²) in [5.41, 5.74) is 0. The molecule has 0 saturated heterocycles. The number of hydrogen-bond acceptors (Lipinski definition) is 5. The second-order valence-electron chi connectivity index (χ2n) is 27.0. The van der Waals surface area contributed by atoms with Crippen molar-refractivity contribution in [2.45, 2.75) is 373 Å². The maximum Gasteiger partial charge on any atom is 0.472 e. The van der Waals surface area contributed by atoms with Crippen LogP contribution in [0.2, 0.25) is 0 Å². The molecule has 0 aliphatic carbocycles. The summed E-state index contributed by atoms with van der Waals surface area (Å²) in [7, 11) is 1.62. The fourth-order valence-corrected chi connectivity index (χ4v) is 12.1. The molecule has 0 fully saturated rings. The van der Waals surface area contributed by atoms with Crippen molar-refractivity contribution in [3.05, 3.63) is 85.1 Å². The van der Waals surface area contributed by atoms with Crippen LogP contribution < -0.4 is 5.32 Å². The number of phosphoric acid groups is 1. The molecule has 0 aliphatic rings. The summed E-state index contributed by atoms with van der Waals surface area (Å²) < 4.78 is 23.9. The van der Waals surface area contributed by atoms with E-state index in [1.165, 1.54) is 250 Å². The summed E-state index contributed by atoms with van der Waals surface area (Å²) in [5, 5.41) is 14.2. The largest absolute Gasteiger partial charge is 0.472 e. The number of phosphoric ester groups is 1. The van der Waals surface area contributed by atoms with Gasteiger partial charge in [-0.15, -0.1) is 0 Å². The van der Waals surface area contributed by atoms with Crippen LogP contribution in [0.5, 0.6) is 0 Å². The van der Waals surface area contributed by atoms with E-state index in [0.29, 0.717) is 23.9 Å². The predicted octanol–water partition coefficient (Wildman–Crippen LogP) is 24.7. The van der Waals surface area contributed by atoms with Gasteiger partial charge in [0.1, 0.15) is 13.2 Å². The Morgan fingerprint density at radius 2 is 0.682 bits per heavy atom. The molecule has 0 bridgehead atoms. The number of carbonyl (C=O) groups is 1. The lowest BCUT2D eigenvalue weighted by Crippen LogP contribution is -2.46. The van der Waals surface area contributed by atoms with Crippen LogP contribution in [0.15, 0.2) is 85.1 Å². The van der Waals surface area contributed by atoms with Crippen LogP contribution in [0.3, 0.4) is 0 Å². The third-order valence-electron chi connectivity index (χ3n) is 17.2. The first-order valence-corrected chi connectivity index (χ1v) is 39.4. The summed E-state index contributed by atoms with van der Waals surface area (Å²) in [6, 6.07) is -0.766. The Kier molecular flexibility index (Phi) is 67.2. The second-order valence-corrected chi connectivity index (χ2v) is 28.5. The molecule has 8 nitrogen and oxygen atoms in total. The van der Waals surface area contributed by atoms with Gasteiger partial charge in [0.15, 0.2) is 0 Å². The highest BCUT2D eigenvalue weighted by Gasteiger charge is 2.28. The van der Waals surface area contributed by atoms with Gasteiger partial charge >= 0.3 is 7.82 Å². The lowest BCUT2D eigenvalue weighted by Gasteiger charge is -2.26. The van der Waals surface area contributed by atoms with Gasteiger partial charge in [-0.1, -0.05) is 369 Å². The number of rotatable bonds is 70. The molecule has 0 aromatic heterocycles. The normalized spacial score (nSPS) is 14.0. The van der Waals surface area contributed by atoms with Crippen molar-refractivity contribution in [2.75, 3.05) is 40.9 Å². The van der Waals surface area contributed by atoms with E-state index >= 15 is 0 Å². The Labute approximate surface area is 547 Å². The molecular formula is C79H148N2O6P+. The monoisotopic (exact) mass is 1250 g/mol. The fourth-order valence-electron chi connectivity index (χ4n) is 11.3. The van der Waals surface area contributed by atoms with Gasteiger partial charge in [-0.25, -0.2) is 4.57 Å². The predicted molar refractivity (Wildman–Crippen MR) is 387 cm³/mol. The minimum atomic E-state index is -4.34. The molecule has 0 heterocycles. The van der Waals surface area contributed by atoms with Crippen molar-refractivity contribution in [1.82, 2.24) is 5.32 Å². The molecule has 0 spiro atoms. The molecule has 9 heteroatoms. The summed E-state index contributed by atoms with van der Waals surface area (Å²) in [4.78, 5) is 23.5. The van der Waals surface area contributed by atoms with Gasteiger partial charge in [-0.3, -0.25) is 13.8 Å². The molecule has 3 unspecified atom stereocenters. The number of nitrogens with zero attached hydrogens (tertiary/aromatic N) is 1. The number of quaternary nitrogens is 1. The number of aliphatic hydroxyl groups excluding tert-OH is 1. The molecule has 0 radical (unpaired) electrons. The molecule has 0 rings (SSSR count). The highest BCUT2D eigenvalue weighted by Crippen LogP contribution is 2.43. The average molecular weight is 1250 g/mol. The molecule has 88 heavy (non-hydrogen) atoms. The molecule has 0 saturated carbocycles. The Morgan fingerprint density at radius 1 is 0.398 bits per heavy atom. The SMILES string of the molecule is CC/C=C\C/C=C\C/C=C\C/C=C\C/C=C\C/C=C\C/C=C\CCCCCCCCCCCCCCCCCC(=O)NC(COP(=O)(O)OCC[N+](C)(C)C)C(O)CCCCCCCCCCCCCCCCCCCCCCCCCCCCCCC. The number of likely N-dealkylation sites (N-methyl/N-ethyl adjacent to an activating group) is 1. The van der Waals surface area contributed by atoms with Crippen LogP contribution >= 0.6 is 7.82 Å². The zero-order valence-corrected chi connectivity index (χ0v) is 59.9. The number of carbonyl (C=O) groups excluding carboxylic acids is 1. The smallest absolute Gasteiger partial charge is 0.391 e. The number of hydrogen-bond donors (Lipinski definition) is 3. The van der Waals surface area contributed by atoms with Gasteiger partial charge < -0.3 is 19.8 Å². The van der Waals surface area contributed by atoms with Gasteiger partial charge in [0.25, 0.3) is 0 Å². The van der Waals surface area contributed by atoms with Gasteiger partial charge in [-0.2, -0.15) is 0 Å². The maximum absolute atomic E-state index is 13.1. The van der Waals surface area contributed by atoms with Crippen molar-refractivity contribution >= 4 is 13.7 Å². The van der Waals surface area contributed by atoms with Crippen molar-refractivity contribution in [2.24, 2.45) is 0 Å². The van der Waals surface area contributed by atoms with Crippen molar-refractivity contribution in [3.8, 4) is 0 Å². The lowest BCUT2D eigenvalue weighted by atomic mass is 10.0. The average Bonchev–Trinajstić information content (AvgIpc) is 3.70. The van der Waals surface area contributed by atoms with E-state index in [9.17, 15) is 19.4 Å². The number of unbranched alkanes of at least 4 members (excludes halogenated alkanes) is 43. The van der Waals surface area contributed by atoms with Gasteiger partial charge in [0.2, 0.25) is 5.91 Å². The quantitative estimate of drug-likeness (QED) is 0.0243. The van der Waals surface area contributed by atoms with E-state index in [2.05, 4.69) is 104 Å². The lowest BCUT2D eigenvalue weighted by molar-refractivity contribution is -0.870. The van der Waals surface area contributed by atoms with Crippen LogP contribution in [-0.2, 0) is 18.4 Å². The van der Waals surface area contributed by atoms with E-state index in [0.717, 1.165) is 83.5 Å². The van der Waals surface area contributed by atoms with Crippen LogP contribution in [0.4, 0.5) is 0 Å². The van der Waals surface area contributed by atoms with Crippen molar-refractivity contribution in [1.29, 1.82) is 0 Å². The Hall–Kier alpha value is -2.32. The first-order chi connectivity index (χ1) is 43.0. The number of amides is 1. The molecule has 0 aliphatic heterocycles. The molecule has 3 N–H and O–H groups in total. The topological polar surface area (TPSA) is 105 Å². The molecule has 0 aromatic carbocycles. The summed E-state index contributed by atoms with van der Waals surface area (Å²) in [6.45, 7) is 4.82. The highest BCUT2D eigenvalue weighted by molar-refractivity contribution is 7.47. The van der Waals surface area contributed by atoms with E-state index in [1.54, 1.807) is 0 Å². The zero-order valence-electron chi connectivity index (χ0n) is 59.0.